The molecule has 32 heavy (non-hydrogen) atoms. The number of rotatable bonds is 0. The summed E-state index contributed by atoms with van der Waals surface area (Å²) in [5.41, 5.74) is 4.32. The van der Waals surface area contributed by atoms with Gasteiger partial charge in [-0.1, -0.05) is 55.5 Å². The van der Waals surface area contributed by atoms with E-state index in [1.807, 2.05) is 31.3 Å². The number of carbonyl (C=O) groups excluding carboxylic acids is 1. The van der Waals surface area contributed by atoms with E-state index in [2.05, 4.69) is 64.7 Å². The molecule has 5 nitrogen and oxygen atoms in total. The highest BCUT2D eigenvalue weighted by Gasteiger charge is 2.49. The third-order valence-electron chi connectivity index (χ3n) is 7.01. The molecule has 3 heterocycles. The largest absolute Gasteiger partial charge is 0.272 e. The Morgan fingerprint density at radius 2 is 1.25 bits per heavy atom. The Morgan fingerprint density at radius 3 is 1.91 bits per heavy atom. The van der Waals surface area contributed by atoms with E-state index in [1.54, 1.807) is 11.2 Å². The Balaban J connectivity index is 1.44. The summed E-state index contributed by atoms with van der Waals surface area (Å²) >= 11 is 0. The quantitative estimate of drug-likeness (QED) is 0.395. The second-order valence-electron chi connectivity index (χ2n) is 8.82. The minimum absolute atomic E-state index is 0.0301. The van der Waals surface area contributed by atoms with Gasteiger partial charge < -0.3 is 0 Å². The molecule has 3 atom stereocenters. The third-order valence-corrected chi connectivity index (χ3v) is 7.01. The number of benzene rings is 4. The van der Waals surface area contributed by atoms with Gasteiger partial charge in [-0.05, 0) is 51.4 Å². The predicted molar refractivity (Wildman–Crippen MR) is 126 cm³/mol. The molecular formula is C27H20N4O. The number of hydrogen-bond acceptors (Lipinski definition) is 4. The van der Waals surface area contributed by atoms with Crippen LogP contribution in [0.3, 0.4) is 0 Å². The highest BCUT2D eigenvalue weighted by molar-refractivity contribution is 5.96. The second-order valence-corrected chi connectivity index (χ2v) is 8.82. The number of nitrogens with zero attached hydrogens (tertiary/aromatic N) is 4. The van der Waals surface area contributed by atoms with E-state index in [9.17, 15) is 4.79 Å². The number of hydrazone groups is 2. The Kier molecular flexibility index (Phi) is 3.46. The molecule has 0 bridgehead atoms. The zero-order valence-corrected chi connectivity index (χ0v) is 17.5. The maximum absolute atomic E-state index is 13.5. The summed E-state index contributed by atoms with van der Waals surface area (Å²) in [6.07, 6.45) is 3.38. The van der Waals surface area contributed by atoms with Crippen LogP contribution in [0.2, 0.25) is 0 Å². The molecule has 0 unspecified atom stereocenters. The van der Waals surface area contributed by atoms with Crippen molar-refractivity contribution in [2.45, 2.75) is 19.1 Å². The van der Waals surface area contributed by atoms with Crippen molar-refractivity contribution in [1.82, 2.24) is 10.0 Å². The molecule has 0 radical (unpaired) electrons. The maximum atomic E-state index is 13.5. The summed E-state index contributed by atoms with van der Waals surface area (Å²) in [5.74, 6) is -0.231. The first-order valence-electron chi connectivity index (χ1n) is 10.9. The number of hydrogen-bond donors (Lipinski definition) is 0. The Bertz CT molecular complexity index is 1500. The molecule has 3 aliphatic heterocycles. The lowest BCUT2D eigenvalue weighted by molar-refractivity contribution is -0.159. The van der Waals surface area contributed by atoms with Crippen LogP contribution in [0.25, 0.3) is 21.5 Å². The molecule has 0 N–H and O–H groups in total. The first-order valence-corrected chi connectivity index (χ1v) is 10.9. The fourth-order valence-electron chi connectivity index (χ4n) is 5.41. The molecule has 0 spiro atoms. The molecule has 3 aliphatic rings. The molecule has 0 saturated carbocycles. The van der Waals surface area contributed by atoms with E-state index >= 15 is 0 Å². The highest BCUT2D eigenvalue weighted by atomic mass is 16.2. The van der Waals surface area contributed by atoms with Crippen LogP contribution in [-0.2, 0) is 4.79 Å². The molecule has 1 fully saturated rings. The lowest BCUT2D eigenvalue weighted by atomic mass is 9.84. The molecule has 4 aromatic rings. The number of amides is 1. The molecule has 5 heteroatoms. The van der Waals surface area contributed by atoms with Crippen LogP contribution < -0.4 is 0 Å². The van der Waals surface area contributed by atoms with Gasteiger partial charge in [-0.3, -0.25) is 9.80 Å². The van der Waals surface area contributed by atoms with Crippen LogP contribution in [0.15, 0.2) is 83.0 Å². The van der Waals surface area contributed by atoms with Crippen molar-refractivity contribution >= 4 is 39.9 Å². The first kappa shape index (κ1) is 17.7. The monoisotopic (exact) mass is 416 g/mol. The van der Waals surface area contributed by atoms with Crippen LogP contribution >= 0.6 is 0 Å². The Hall–Kier alpha value is -3.99. The van der Waals surface area contributed by atoms with E-state index < -0.39 is 0 Å². The van der Waals surface area contributed by atoms with Crippen molar-refractivity contribution in [2.24, 2.45) is 16.1 Å². The predicted octanol–water partition coefficient (Wildman–Crippen LogP) is 5.21. The van der Waals surface area contributed by atoms with Crippen LogP contribution in [-0.4, -0.2) is 28.4 Å². The lowest BCUT2D eigenvalue weighted by Gasteiger charge is -2.50. The number of carbonyl (C=O) groups is 1. The lowest BCUT2D eigenvalue weighted by Crippen LogP contribution is -2.54. The molecule has 0 aromatic heterocycles. The van der Waals surface area contributed by atoms with E-state index in [0.717, 1.165) is 33.0 Å². The highest BCUT2D eigenvalue weighted by Crippen LogP contribution is 2.48. The van der Waals surface area contributed by atoms with Gasteiger partial charge in [-0.25, -0.2) is 5.01 Å². The summed E-state index contributed by atoms with van der Waals surface area (Å²) in [6, 6.07) is 25.2. The van der Waals surface area contributed by atoms with Crippen molar-refractivity contribution < 1.29 is 4.79 Å². The molecular weight excluding hydrogens is 396 g/mol. The van der Waals surface area contributed by atoms with Gasteiger partial charge >= 0.3 is 0 Å². The van der Waals surface area contributed by atoms with Gasteiger partial charge in [0, 0.05) is 16.7 Å². The smallest absolute Gasteiger partial charge is 0.250 e. The van der Waals surface area contributed by atoms with Gasteiger partial charge in [0.05, 0.1) is 24.4 Å². The van der Waals surface area contributed by atoms with Crippen LogP contribution in [0.4, 0.5) is 0 Å². The Morgan fingerprint density at radius 1 is 0.719 bits per heavy atom. The first-order chi connectivity index (χ1) is 15.7. The minimum Gasteiger partial charge on any atom is -0.272 e. The van der Waals surface area contributed by atoms with Crippen molar-refractivity contribution in [3.05, 3.63) is 95.1 Å². The number of fused-ring (bicyclic) bond motifs is 9. The molecule has 4 aromatic carbocycles. The zero-order chi connectivity index (χ0) is 21.4. The topological polar surface area (TPSA) is 48.3 Å². The summed E-state index contributed by atoms with van der Waals surface area (Å²) < 4.78 is 0. The SMILES string of the molecule is C[C@@H]1C(=O)N2N=Cc3cc4ccccc4cc3[C@H]2N2N=Cc3cc4ccccc4cc3[C@@H]12. The average Bonchev–Trinajstić information content (AvgIpc) is 2.83. The van der Waals surface area contributed by atoms with Crippen molar-refractivity contribution in [2.75, 3.05) is 0 Å². The average molecular weight is 416 g/mol. The molecule has 1 amide bonds. The summed E-state index contributed by atoms with van der Waals surface area (Å²) in [5, 5.41) is 17.8. The standard InChI is InChI=1S/C27H20N4O/c1-16-25-23-12-19-8-4-2-6-17(19)10-21(23)14-28-30(25)26-24-13-20-9-5-3-7-18(20)11-22(24)15-29-31(26)27(16)32/h2-16,25-26H,1H3/t16-,25+,26-/m0/s1. The van der Waals surface area contributed by atoms with Gasteiger partial charge in [-0.15, -0.1) is 0 Å². The van der Waals surface area contributed by atoms with E-state index in [1.165, 1.54) is 10.8 Å². The van der Waals surface area contributed by atoms with Crippen LogP contribution in [0.5, 0.6) is 0 Å². The van der Waals surface area contributed by atoms with Gasteiger partial charge in [0.2, 0.25) is 5.91 Å². The summed E-state index contributed by atoms with van der Waals surface area (Å²) in [4.78, 5) is 13.5. The molecule has 1 saturated heterocycles. The summed E-state index contributed by atoms with van der Waals surface area (Å²) in [6.45, 7) is 1.99. The van der Waals surface area contributed by atoms with Crippen molar-refractivity contribution in [3.63, 3.8) is 0 Å². The van der Waals surface area contributed by atoms with Crippen molar-refractivity contribution in [3.8, 4) is 0 Å². The fraction of sp³-hybridized carbons (Fsp3) is 0.148. The second kappa shape index (κ2) is 6.26. The van der Waals surface area contributed by atoms with Crippen LogP contribution in [0, 0.1) is 5.92 Å². The molecule has 0 aliphatic carbocycles. The van der Waals surface area contributed by atoms with Gasteiger partial charge in [0.25, 0.3) is 0 Å². The maximum Gasteiger partial charge on any atom is 0.250 e. The van der Waals surface area contributed by atoms with Gasteiger partial charge in [-0.2, -0.15) is 10.2 Å². The third kappa shape index (κ3) is 2.31. The van der Waals surface area contributed by atoms with E-state index in [0.29, 0.717) is 0 Å². The van der Waals surface area contributed by atoms with E-state index in [-0.39, 0.29) is 24.0 Å². The van der Waals surface area contributed by atoms with Crippen molar-refractivity contribution in [1.29, 1.82) is 0 Å². The molecule has 7 rings (SSSR count). The fourth-order valence-corrected chi connectivity index (χ4v) is 5.41. The molecule has 154 valence electrons. The minimum atomic E-state index is -0.357. The van der Waals surface area contributed by atoms with Gasteiger partial charge in [0.1, 0.15) is 0 Å². The Labute approximate surface area is 185 Å². The summed E-state index contributed by atoms with van der Waals surface area (Å²) in [7, 11) is 0. The van der Waals surface area contributed by atoms with E-state index in [4.69, 9.17) is 5.10 Å². The zero-order valence-electron chi connectivity index (χ0n) is 17.5. The van der Waals surface area contributed by atoms with Crippen LogP contribution in [0.1, 0.15) is 41.4 Å². The normalized spacial score (nSPS) is 23.2. The van der Waals surface area contributed by atoms with Gasteiger partial charge in [0.15, 0.2) is 6.17 Å².